The van der Waals surface area contributed by atoms with Crippen molar-refractivity contribution >= 4 is 11.9 Å². The van der Waals surface area contributed by atoms with E-state index < -0.39 is 17.4 Å². The molecule has 2 heterocycles. The SMILES string of the molecule is CC1(C)CCCN(C(=O)Cc2ccccn2)C1C(=O)O. The first kappa shape index (κ1) is 14.5. The zero-order valence-corrected chi connectivity index (χ0v) is 11.9. The number of aromatic nitrogens is 1. The van der Waals surface area contributed by atoms with Gasteiger partial charge in [0.05, 0.1) is 6.42 Å². The van der Waals surface area contributed by atoms with Gasteiger partial charge in [-0.3, -0.25) is 9.78 Å². The number of rotatable bonds is 3. The molecule has 1 unspecified atom stereocenters. The highest BCUT2D eigenvalue weighted by Gasteiger charge is 2.44. The van der Waals surface area contributed by atoms with Gasteiger partial charge in [-0.1, -0.05) is 19.9 Å². The van der Waals surface area contributed by atoms with Crippen LogP contribution >= 0.6 is 0 Å². The lowest BCUT2D eigenvalue weighted by Gasteiger charge is -2.44. The number of aliphatic carboxylic acids is 1. The third-order valence-electron chi connectivity index (χ3n) is 3.88. The molecule has 0 aromatic carbocycles. The Morgan fingerprint density at radius 2 is 2.20 bits per heavy atom. The molecule has 1 atom stereocenters. The number of carboxylic acid groups (broad SMARTS) is 1. The highest BCUT2D eigenvalue weighted by Crippen LogP contribution is 2.35. The lowest BCUT2D eigenvalue weighted by Crippen LogP contribution is -2.56. The highest BCUT2D eigenvalue weighted by atomic mass is 16.4. The molecule has 1 aliphatic heterocycles. The van der Waals surface area contributed by atoms with Crippen LogP contribution < -0.4 is 0 Å². The molecule has 108 valence electrons. The zero-order valence-electron chi connectivity index (χ0n) is 11.9. The van der Waals surface area contributed by atoms with Gasteiger partial charge in [-0.25, -0.2) is 4.79 Å². The summed E-state index contributed by atoms with van der Waals surface area (Å²) in [5, 5.41) is 9.45. The van der Waals surface area contributed by atoms with Crippen molar-refractivity contribution < 1.29 is 14.7 Å². The van der Waals surface area contributed by atoms with E-state index in [0.717, 1.165) is 12.8 Å². The topological polar surface area (TPSA) is 70.5 Å². The Labute approximate surface area is 118 Å². The molecule has 5 nitrogen and oxygen atoms in total. The number of hydrogen-bond acceptors (Lipinski definition) is 3. The predicted octanol–water partition coefficient (Wildman–Crippen LogP) is 1.73. The molecule has 1 aliphatic rings. The molecule has 2 rings (SSSR count). The zero-order chi connectivity index (χ0) is 14.8. The van der Waals surface area contributed by atoms with Crippen LogP contribution in [0.4, 0.5) is 0 Å². The normalized spacial score (nSPS) is 21.5. The summed E-state index contributed by atoms with van der Waals surface area (Å²) in [4.78, 5) is 29.5. The molecule has 0 radical (unpaired) electrons. The van der Waals surface area contributed by atoms with Crippen molar-refractivity contribution in [1.29, 1.82) is 0 Å². The van der Waals surface area contributed by atoms with Crippen molar-refractivity contribution in [3.8, 4) is 0 Å². The van der Waals surface area contributed by atoms with Crippen LogP contribution in [0.2, 0.25) is 0 Å². The van der Waals surface area contributed by atoms with E-state index in [1.54, 1.807) is 18.3 Å². The van der Waals surface area contributed by atoms with Gasteiger partial charge >= 0.3 is 5.97 Å². The first-order valence-electron chi connectivity index (χ1n) is 6.84. The lowest BCUT2D eigenvalue weighted by atomic mass is 9.76. The fourth-order valence-electron chi connectivity index (χ4n) is 2.89. The maximum atomic E-state index is 12.4. The minimum Gasteiger partial charge on any atom is -0.480 e. The molecule has 5 heteroatoms. The van der Waals surface area contributed by atoms with Crippen LogP contribution in [-0.2, 0) is 16.0 Å². The van der Waals surface area contributed by atoms with Crippen LogP contribution in [0.1, 0.15) is 32.4 Å². The van der Waals surface area contributed by atoms with Crippen LogP contribution in [0.25, 0.3) is 0 Å². The van der Waals surface area contributed by atoms with Crippen LogP contribution in [0.3, 0.4) is 0 Å². The quantitative estimate of drug-likeness (QED) is 0.912. The van der Waals surface area contributed by atoms with E-state index in [-0.39, 0.29) is 12.3 Å². The number of likely N-dealkylation sites (tertiary alicyclic amines) is 1. The number of pyridine rings is 1. The molecule has 20 heavy (non-hydrogen) atoms. The number of carbonyl (C=O) groups is 2. The highest BCUT2D eigenvalue weighted by molar-refractivity contribution is 5.85. The second kappa shape index (κ2) is 5.61. The molecular formula is C15H20N2O3. The molecule has 1 saturated heterocycles. The Balaban J connectivity index is 2.17. The minimum atomic E-state index is -0.927. The van der Waals surface area contributed by atoms with Crippen molar-refractivity contribution in [1.82, 2.24) is 9.88 Å². The summed E-state index contributed by atoms with van der Waals surface area (Å²) >= 11 is 0. The van der Waals surface area contributed by atoms with Gasteiger partial charge in [0.1, 0.15) is 6.04 Å². The van der Waals surface area contributed by atoms with Gasteiger partial charge in [0, 0.05) is 18.4 Å². The first-order valence-corrected chi connectivity index (χ1v) is 6.84. The Kier molecular flexibility index (Phi) is 4.06. The molecular weight excluding hydrogens is 256 g/mol. The molecule has 1 aromatic rings. The van der Waals surface area contributed by atoms with Gasteiger partial charge in [-0.2, -0.15) is 0 Å². The van der Waals surface area contributed by atoms with E-state index in [2.05, 4.69) is 4.98 Å². The molecule has 0 saturated carbocycles. The van der Waals surface area contributed by atoms with E-state index in [1.165, 1.54) is 4.90 Å². The second-order valence-corrected chi connectivity index (χ2v) is 5.92. The second-order valence-electron chi connectivity index (χ2n) is 5.92. The van der Waals surface area contributed by atoms with E-state index in [0.29, 0.717) is 12.2 Å². The molecule has 1 N–H and O–H groups in total. The number of carboxylic acids is 1. The smallest absolute Gasteiger partial charge is 0.326 e. The van der Waals surface area contributed by atoms with Gasteiger partial charge < -0.3 is 10.0 Å². The summed E-state index contributed by atoms with van der Waals surface area (Å²) in [6, 6.07) is 4.64. The number of nitrogens with zero attached hydrogens (tertiary/aromatic N) is 2. The Morgan fingerprint density at radius 3 is 2.80 bits per heavy atom. The van der Waals surface area contributed by atoms with E-state index in [1.807, 2.05) is 19.9 Å². The van der Waals surface area contributed by atoms with Crippen LogP contribution in [0.15, 0.2) is 24.4 Å². The predicted molar refractivity (Wildman–Crippen MR) is 74.1 cm³/mol. The van der Waals surface area contributed by atoms with Crippen LogP contribution in [-0.4, -0.2) is 39.5 Å². The monoisotopic (exact) mass is 276 g/mol. The molecule has 1 amide bonds. The average Bonchev–Trinajstić information content (AvgIpc) is 2.37. The molecule has 0 aliphatic carbocycles. The van der Waals surface area contributed by atoms with Gasteiger partial charge in [0.25, 0.3) is 0 Å². The van der Waals surface area contributed by atoms with Crippen molar-refractivity contribution in [2.45, 2.75) is 39.2 Å². The van der Waals surface area contributed by atoms with Crippen LogP contribution in [0.5, 0.6) is 0 Å². The largest absolute Gasteiger partial charge is 0.480 e. The molecule has 0 bridgehead atoms. The number of piperidine rings is 1. The summed E-state index contributed by atoms with van der Waals surface area (Å²) in [6.45, 7) is 4.32. The lowest BCUT2D eigenvalue weighted by molar-refractivity contribution is -0.158. The molecule has 1 aromatic heterocycles. The van der Waals surface area contributed by atoms with Crippen molar-refractivity contribution in [2.75, 3.05) is 6.54 Å². The Morgan fingerprint density at radius 1 is 1.45 bits per heavy atom. The van der Waals surface area contributed by atoms with Crippen molar-refractivity contribution in [3.05, 3.63) is 30.1 Å². The van der Waals surface area contributed by atoms with Gasteiger partial charge in [-0.05, 0) is 30.4 Å². The van der Waals surface area contributed by atoms with Gasteiger partial charge in [0.15, 0.2) is 0 Å². The average molecular weight is 276 g/mol. The third-order valence-corrected chi connectivity index (χ3v) is 3.88. The maximum absolute atomic E-state index is 12.4. The summed E-state index contributed by atoms with van der Waals surface area (Å²) < 4.78 is 0. The van der Waals surface area contributed by atoms with Crippen LogP contribution in [0, 0.1) is 5.41 Å². The fourth-order valence-corrected chi connectivity index (χ4v) is 2.89. The Hall–Kier alpha value is -1.91. The van der Waals surface area contributed by atoms with Crippen molar-refractivity contribution in [3.63, 3.8) is 0 Å². The standard InChI is InChI=1S/C15H20N2O3/c1-15(2)7-5-9-17(13(15)14(19)20)12(18)10-11-6-3-4-8-16-11/h3-4,6,8,13H,5,7,9-10H2,1-2H3,(H,19,20). The minimum absolute atomic E-state index is 0.153. The number of hydrogen-bond donors (Lipinski definition) is 1. The fraction of sp³-hybridized carbons (Fsp3) is 0.533. The Bertz CT molecular complexity index is 499. The number of amides is 1. The van der Waals surface area contributed by atoms with Crippen molar-refractivity contribution in [2.24, 2.45) is 5.41 Å². The molecule has 0 spiro atoms. The van der Waals surface area contributed by atoms with E-state index in [9.17, 15) is 14.7 Å². The summed E-state index contributed by atoms with van der Waals surface area (Å²) in [5.41, 5.74) is 0.272. The van der Waals surface area contributed by atoms with E-state index in [4.69, 9.17) is 0 Å². The maximum Gasteiger partial charge on any atom is 0.326 e. The van der Waals surface area contributed by atoms with E-state index >= 15 is 0 Å². The van der Waals surface area contributed by atoms with Gasteiger partial charge in [-0.15, -0.1) is 0 Å². The number of carbonyl (C=O) groups excluding carboxylic acids is 1. The summed E-state index contributed by atoms with van der Waals surface area (Å²) in [7, 11) is 0. The summed E-state index contributed by atoms with van der Waals surface area (Å²) in [6.07, 6.45) is 3.44. The summed E-state index contributed by atoms with van der Waals surface area (Å²) in [5.74, 6) is -1.09. The third kappa shape index (κ3) is 2.98. The van der Waals surface area contributed by atoms with Gasteiger partial charge in [0.2, 0.25) is 5.91 Å². The molecule has 1 fully saturated rings. The first-order chi connectivity index (χ1) is 9.42.